The monoisotopic (exact) mass is 308 g/mol. The summed E-state index contributed by atoms with van der Waals surface area (Å²) in [4.78, 5) is 37.6. The van der Waals surface area contributed by atoms with Crippen LogP contribution >= 0.6 is 0 Å². The lowest BCUT2D eigenvalue weighted by Gasteiger charge is -2.46. The first-order valence-electron chi connectivity index (χ1n) is 8.18. The minimum atomic E-state index is -0.580. The summed E-state index contributed by atoms with van der Waals surface area (Å²) >= 11 is 0. The molecule has 3 rings (SSSR count). The summed E-state index contributed by atoms with van der Waals surface area (Å²) in [5.41, 5.74) is 0.238. The highest BCUT2D eigenvalue weighted by molar-refractivity contribution is 5.98. The number of carbonyl (C=O) groups is 3. The Kier molecular flexibility index (Phi) is 4.33. The van der Waals surface area contributed by atoms with Crippen LogP contribution in [0.25, 0.3) is 0 Å². The molecule has 0 unspecified atom stereocenters. The Balaban J connectivity index is 1.66. The molecule has 4 amide bonds. The van der Waals surface area contributed by atoms with Crippen LogP contribution < -0.4 is 16.0 Å². The molecule has 3 fully saturated rings. The molecule has 122 valence electrons. The van der Waals surface area contributed by atoms with Crippen molar-refractivity contribution < 1.29 is 14.4 Å². The number of hydrogen-bond acceptors (Lipinski definition) is 4. The predicted octanol–water partition coefficient (Wildman–Crippen LogP) is -0.0332. The average molecular weight is 308 g/mol. The molecular formula is C15H24N4O3. The normalized spacial score (nSPS) is 28.7. The quantitative estimate of drug-likeness (QED) is 0.634. The van der Waals surface area contributed by atoms with Crippen molar-refractivity contribution in [1.82, 2.24) is 20.9 Å². The van der Waals surface area contributed by atoms with E-state index in [1.807, 2.05) is 4.90 Å². The van der Waals surface area contributed by atoms with Crippen molar-refractivity contribution in [2.45, 2.75) is 44.6 Å². The summed E-state index contributed by atoms with van der Waals surface area (Å²) in [5.74, 6) is -0.358. The number of carbonyl (C=O) groups excluding carboxylic acids is 3. The van der Waals surface area contributed by atoms with Crippen LogP contribution in [0.5, 0.6) is 0 Å². The zero-order valence-electron chi connectivity index (χ0n) is 12.8. The van der Waals surface area contributed by atoms with Gasteiger partial charge in [0, 0.05) is 19.5 Å². The van der Waals surface area contributed by atoms with Gasteiger partial charge in [0.25, 0.3) is 0 Å². The van der Waals surface area contributed by atoms with Crippen LogP contribution in [-0.2, 0) is 9.59 Å². The van der Waals surface area contributed by atoms with E-state index < -0.39 is 12.1 Å². The molecule has 1 spiro atoms. The second kappa shape index (κ2) is 6.24. The van der Waals surface area contributed by atoms with Crippen LogP contribution in [0.4, 0.5) is 4.79 Å². The molecule has 0 aromatic carbocycles. The summed E-state index contributed by atoms with van der Waals surface area (Å²) in [6, 6.07) is -1.14. The summed E-state index contributed by atoms with van der Waals surface area (Å²) in [6.45, 7) is 3.56. The van der Waals surface area contributed by atoms with E-state index in [2.05, 4.69) is 16.0 Å². The van der Waals surface area contributed by atoms with Gasteiger partial charge in [-0.1, -0.05) is 0 Å². The van der Waals surface area contributed by atoms with Crippen LogP contribution in [0, 0.1) is 5.41 Å². The van der Waals surface area contributed by atoms with Crippen molar-refractivity contribution in [1.29, 1.82) is 0 Å². The van der Waals surface area contributed by atoms with E-state index in [-0.39, 0.29) is 23.7 Å². The number of hydrogen-bond donors (Lipinski definition) is 3. The molecule has 0 bridgehead atoms. The largest absolute Gasteiger partial charge is 0.340 e. The van der Waals surface area contributed by atoms with Gasteiger partial charge in [-0.15, -0.1) is 0 Å². The van der Waals surface area contributed by atoms with Gasteiger partial charge in [0.1, 0.15) is 6.04 Å². The number of likely N-dealkylation sites (tertiary alicyclic amines) is 1. The van der Waals surface area contributed by atoms with Crippen molar-refractivity contribution >= 4 is 17.8 Å². The SMILES string of the molecule is O=C1CC[C@@H](C(=O)N2CCCC3(CCNCC3)C2)NC(=O)N1. The van der Waals surface area contributed by atoms with Crippen LogP contribution in [-0.4, -0.2) is 55.0 Å². The van der Waals surface area contributed by atoms with Gasteiger partial charge < -0.3 is 15.5 Å². The van der Waals surface area contributed by atoms with Gasteiger partial charge >= 0.3 is 6.03 Å². The van der Waals surface area contributed by atoms with Crippen LogP contribution in [0.2, 0.25) is 0 Å². The lowest BCUT2D eigenvalue weighted by Crippen LogP contribution is -2.55. The third-order valence-corrected chi connectivity index (χ3v) is 5.15. The van der Waals surface area contributed by atoms with E-state index in [1.54, 1.807) is 0 Å². The maximum Gasteiger partial charge on any atom is 0.322 e. The number of urea groups is 1. The molecule has 22 heavy (non-hydrogen) atoms. The second-order valence-electron chi connectivity index (χ2n) is 6.73. The van der Waals surface area contributed by atoms with Crippen molar-refractivity contribution in [2.75, 3.05) is 26.2 Å². The summed E-state index contributed by atoms with van der Waals surface area (Å²) in [7, 11) is 0. The number of rotatable bonds is 1. The molecular weight excluding hydrogens is 284 g/mol. The van der Waals surface area contributed by atoms with Crippen molar-refractivity contribution in [2.24, 2.45) is 5.41 Å². The van der Waals surface area contributed by atoms with Crippen LogP contribution in [0.15, 0.2) is 0 Å². The highest BCUT2D eigenvalue weighted by atomic mass is 16.2. The van der Waals surface area contributed by atoms with Gasteiger partial charge in [-0.25, -0.2) is 4.79 Å². The first-order valence-corrected chi connectivity index (χ1v) is 8.18. The molecule has 7 heteroatoms. The molecule has 0 saturated carbocycles. The predicted molar refractivity (Wildman–Crippen MR) is 80.0 cm³/mol. The number of nitrogens with zero attached hydrogens (tertiary/aromatic N) is 1. The maximum atomic E-state index is 12.7. The first-order chi connectivity index (χ1) is 10.6. The van der Waals surface area contributed by atoms with E-state index in [0.717, 1.165) is 45.4 Å². The Morgan fingerprint density at radius 1 is 1.18 bits per heavy atom. The van der Waals surface area contributed by atoms with Gasteiger partial charge in [0.2, 0.25) is 11.8 Å². The van der Waals surface area contributed by atoms with E-state index >= 15 is 0 Å². The van der Waals surface area contributed by atoms with Crippen molar-refractivity contribution in [3.63, 3.8) is 0 Å². The molecule has 3 saturated heterocycles. The highest BCUT2D eigenvalue weighted by Gasteiger charge is 2.40. The first kappa shape index (κ1) is 15.3. The second-order valence-corrected chi connectivity index (χ2v) is 6.73. The minimum absolute atomic E-state index is 0.0394. The Hall–Kier alpha value is -1.63. The fourth-order valence-corrected chi connectivity index (χ4v) is 3.90. The highest BCUT2D eigenvalue weighted by Crippen LogP contribution is 2.38. The summed E-state index contributed by atoms with van der Waals surface area (Å²) in [6.07, 6.45) is 4.99. The molecule has 0 aliphatic carbocycles. The maximum absolute atomic E-state index is 12.7. The van der Waals surface area contributed by atoms with E-state index in [1.165, 1.54) is 6.42 Å². The third kappa shape index (κ3) is 3.24. The number of nitrogens with one attached hydrogen (secondary N) is 3. The van der Waals surface area contributed by atoms with Gasteiger partial charge in [0.15, 0.2) is 0 Å². The Morgan fingerprint density at radius 2 is 1.95 bits per heavy atom. The van der Waals surface area contributed by atoms with E-state index in [9.17, 15) is 14.4 Å². The number of imide groups is 1. The lowest BCUT2D eigenvalue weighted by molar-refractivity contribution is -0.137. The van der Waals surface area contributed by atoms with Gasteiger partial charge in [-0.3, -0.25) is 14.9 Å². The fourth-order valence-electron chi connectivity index (χ4n) is 3.90. The summed E-state index contributed by atoms with van der Waals surface area (Å²) in [5, 5.41) is 8.22. The molecule has 7 nitrogen and oxygen atoms in total. The third-order valence-electron chi connectivity index (χ3n) is 5.15. The summed E-state index contributed by atoms with van der Waals surface area (Å²) < 4.78 is 0. The van der Waals surface area contributed by atoms with Crippen molar-refractivity contribution in [3.8, 4) is 0 Å². The Bertz CT molecular complexity index is 468. The van der Waals surface area contributed by atoms with E-state index in [0.29, 0.717) is 6.42 Å². The molecule has 3 aliphatic rings. The smallest absolute Gasteiger partial charge is 0.322 e. The van der Waals surface area contributed by atoms with Crippen LogP contribution in [0.3, 0.4) is 0 Å². The average Bonchev–Trinajstić information content (AvgIpc) is 2.68. The zero-order valence-corrected chi connectivity index (χ0v) is 12.8. The molecule has 0 aromatic rings. The molecule has 0 aromatic heterocycles. The van der Waals surface area contributed by atoms with Gasteiger partial charge in [-0.05, 0) is 50.6 Å². The van der Waals surface area contributed by atoms with E-state index in [4.69, 9.17) is 0 Å². The molecule has 3 N–H and O–H groups in total. The molecule has 1 atom stereocenters. The minimum Gasteiger partial charge on any atom is -0.340 e. The lowest BCUT2D eigenvalue weighted by atomic mass is 9.73. The fraction of sp³-hybridized carbons (Fsp3) is 0.800. The Labute approximate surface area is 130 Å². The zero-order chi connectivity index (χ0) is 15.6. The topological polar surface area (TPSA) is 90.5 Å². The molecule has 0 radical (unpaired) electrons. The number of piperidine rings is 2. The van der Waals surface area contributed by atoms with Crippen LogP contribution in [0.1, 0.15) is 38.5 Å². The molecule has 3 heterocycles. The Morgan fingerprint density at radius 3 is 2.73 bits per heavy atom. The van der Waals surface area contributed by atoms with Crippen molar-refractivity contribution in [3.05, 3.63) is 0 Å². The standard InChI is InChI=1S/C15H24N4O3/c20-12-3-2-11(17-14(22)18-12)13(21)19-9-1-4-15(10-19)5-7-16-8-6-15/h11,16H,1-10H2,(H2,17,18,20,22)/t11-/m0/s1. The van der Waals surface area contributed by atoms with Gasteiger partial charge in [0.05, 0.1) is 0 Å². The van der Waals surface area contributed by atoms with Gasteiger partial charge in [-0.2, -0.15) is 0 Å². The molecule has 3 aliphatic heterocycles. The number of amides is 4.